The fourth-order valence-electron chi connectivity index (χ4n) is 1.36. The summed E-state index contributed by atoms with van der Waals surface area (Å²) < 4.78 is 39.4. The number of anilines is 3. The van der Waals surface area contributed by atoms with Crippen molar-refractivity contribution < 1.29 is 13.2 Å². The molecule has 0 saturated heterocycles. The largest absolute Gasteiger partial charge is 0.368 e. The summed E-state index contributed by atoms with van der Waals surface area (Å²) in [6, 6.07) is 1.29. The zero-order valence-corrected chi connectivity index (χ0v) is 9.34. The predicted molar refractivity (Wildman–Crippen MR) is 60.8 cm³/mol. The number of aromatic nitrogens is 2. The Morgan fingerprint density at radius 3 is 2.67 bits per heavy atom. The monoisotopic (exact) mass is 254 g/mol. The number of nitrogens with one attached hydrogen (secondary N) is 1. The quantitative estimate of drug-likeness (QED) is 0.808. The van der Waals surface area contributed by atoms with Gasteiger partial charge < -0.3 is 11.1 Å². The van der Waals surface area contributed by atoms with Gasteiger partial charge in [0.15, 0.2) is 11.6 Å². The Labute approximate surface area is 101 Å². The molecule has 94 valence electrons. The second-order valence-electron chi connectivity index (χ2n) is 3.63. The topological polar surface area (TPSA) is 63.8 Å². The molecule has 0 radical (unpaired) electrons. The van der Waals surface area contributed by atoms with Crippen molar-refractivity contribution >= 4 is 17.5 Å². The summed E-state index contributed by atoms with van der Waals surface area (Å²) >= 11 is 0. The Hall–Kier alpha value is -2.31. The highest BCUT2D eigenvalue weighted by atomic mass is 19.2. The van der Waals surface area contributed by atoms with E-state index in [0.717, 1.165) is 6.07 Å². The van der Waals surface area contributed by atoms with E-state index in [1.165, 1.54) is 6.20 Å². The Balaban J connectivity index is 2.43. The van der Waals surface area contributed by atoms with Crippen LogP contribution in [0.4, 0.5) is 30.6 Å². The molecule has 4 nitrogen and oxygen atoms in total. The van der Waals surface area contributed by atoms with Crippen LogP contribution in [0.3, 0.4) is 0 Å². The van der Waals surface area contributed by atoms with E-state index in [1.54, 1.807) is 6.92 Å². The summed E-state index contributed by atoms with van der Waals surface area (Å²) in [4.78, 5) is 7.54. The smallest absolute Gasteiger partial charge is 0.221 e. The Bertz CT molecular complexity index is 601. The van der Waals surface area contributed by atoms with E-state index in [0.29, 0.717) is 11.6 Å². The molecule has 0 aliphatic heterocycles. The van der Waals surface area contributed by atoms with Crippen LogP contribution in [0, 0.1) is 24.4 Å². The van der Waals surface area contributed by atoms with Gasteiger partial charge in [0, 0.05) is 23.9 Å². The van der Waals surface area contributed by atoms with E-state index in [-0.39, 0.29) is 17.5 Å². The molecule has 7 heteroatoms. The van der Waals surface area contributed by atoms with Crippen LogP contribution in [0.25, 0.3) is 0 Å². The highest BCUT2D eigenvalue weighted by Crippen LogP contribution is 2.24. The molecule has 0 bridgehead atoms. The fourth-order valence-corrected chi connectivity index (χ4v) is 1.36. The maximum absolute atomic E-state index is 13.4. The highest BCUT2D eigenvalue weighted by molar-refractivity contribution is 5.60. The van der Waals surface area contributed by atoms with Crippen molar-refractivity contribution in [3.8, 4) is 0 Å². The molecular formula is C11H9F3N4. The van der Waals surface area contributed by atoms with Crippen LogP contribution in [0.2, 0.25) is 0 Å². The normalized spacial score (nSPS) is 10.4. The van der Waals surface area contributed by atoms with Crippen molar-refractivity contribution in [2.45, 2.75) is 6.92 Å². The molecule has 0 spiro atoms. The molecule has 0 amide bonds. The summed E-state index contributed by atoms with van der Waals surface area (Å²) in [5.74, 6) is -3.20. The lowest BCUT2D eigenvalue weighted by Crippen LogP contribution is -2.04. The van der Waals surface area contributed by atoms with E-state index in [9.17, 15) is 13.2 Å². The first-order valence-corrected chi connectivity index (χ1v) is 4.98. The third-order valence-corrected chi connectivity index (χ3v) is 2.24. The number of rotatable bonds is 2. The maximum atomic E-state index is 13.4. The van der Waals surface area contributed by atoms with E-state index in [2.05, 4.69) is 15.3 Å². The van der Waals surface area contributed by atoms with E-state index in [4.69, 9.17) is 5.73 Å². The Kier molecular flexibility index (Phi) is 3.05. The van der Waals surface area contributed by atoms with Crippen LogP contribution >= 0.6 is 0 Å². The second kappa shape index (κ2) is 4.52. The highest BCUT2D eigenvalue weighted by Gasteiger charge is 2.12. The van der Waals surface area contributed by atoms with Crippen molar-refractivity contribution in [3.05, 3.63) is 41.3 Å². The number of hydrogen-bond donors (Lipinski definition) is 2. The van der Waals surface area contributed by atoms with Crippen LogP contribution in [0.15, 0.2) is 18.3 Å². The number of aryl methyl sites for hydroxylation is 1. The number of benzene rings is 1. The van der Waals surface area contributed by atoms with Gasteiger partial charge in [-0.1, -0.05) is 0 Å². The molecule has 3 N–H and O–H groups in total. The van der Waals surface area contributed by atoms with Gasteiger partial charge in [0.2, 0.25) is 5.95 Å². The summed E-state index contributed by atoms with van der Waals surface area (Å²) in [7, 11) is 0. The molecular weight excluding hydrogens is 245 g/mol. The molecule has 2 rings (SSSR count). The molecule has 0 fully saturated rings. The van der Waals surface area contributed by atoms with Crippen LogP contribution in [0.5, 0.6) is 0 Å². The summed E-state index contributed by atoms with van der Waals surface area (Å²) in [5.41, 5.74) is 5.59. The third kappa shape index (κ3) is 2.34. The van der Waals surface area contributed by atoms with Crippen LogP contribution in [-0.2, 0) is 0 Å². The first-order chi connectivity index (χ1) is 8.47. The summed E-state index contributed by atoms with van der Waals surface area (Å²) in [6.45, 7) is 1.65. The Morgan fingerprint density at radius 2 is 1.94 bits per heavy atom. The van der Waals surface area contributed by atoms with Gasteiger partial charge in [-0.15, -0.1) is 0 Å². The minimum Gasteiger partial charge on any atom is -0.368 e. The van der Waals surface area contributed by atoms with Gasteiger partial charge in [0.25, 0.3) is 0 Å². The van der Waals surface area contributed by atoms with Gasteiger partial charge in [-0.25, -0.2) is 18.2 Å². The summed E-state index contributed by atoms with van der Waals surface area (Å²) in [6.07, 6.45) is 1.41. The number of nitrogens with zero attached hydrogens (tertiary/aromatic N) is 2. The van der Waals surface area contributed by atoms with Gasteiger partial charge in [-0.3, -0.25) is 0 Å². The van der Waals surface area contributed by atoms with E-state index < -0.39 is 17.5 Å². The van der Waals surface area contributed by atoms with E-state index >= 15 is 0 Å². The number of nitrogens with two attached hydrogens (primary N) is 1. The number of nitrogen functional groups attached to an aromatic ring is 1. The van der Waals surface area contributed by atoms with Crippen LogP contribution in [0.1, 0.15) is 5.56 Å². The zero-order valence-electron chi connectivity index (χ0n) is 9.34. The minimum absolute atomic E-state index is 0.0274. The molecule has 18 heavy (non-hydrogen) atoms. The molecule has 0 atom stereocenters. The molecule has 2 aromatic rings. The van der Waals surface area contributed by atoms with Gasteiger partial charge in [-0.05, 0) is 6.92 Å². The standard InChI is InChI=1S/C11H9F3N4/c1-5-4-16-11(15)18-10(5)17-8-3-6(12)2-7(13)9(8)14/h2-4H,1H3,(H3,15,16,17,18). The van der Waals surface area contributed by atoms with Crippen molar-refractivity contribution in [1.29, 1.82) is 0 Å². The van der Waals surface area contributed by atoms with Crippen molar-refractivity contribution in [2.24, 2.45) is 0 Å². The fraction of sp³-hybridized carbons (Fsp3) is 0.0909. The molecule has 0 aliphatic carbocycles. The van der Waals surface area contributed by atoms with Gasteiger partial charge in [0.1, 0.15) is 11.6 Å². The molecule has 0 unspecified atom stereocenters. The van der Waals surface area contributed by atoms with Crippen molar-refractivity contribution in [3.63, 3.8) is 0 Å². The van der Waals surface area contributed by atoms with Crippen molar-refractivity contribution in [1.82, 2.24) is 9.97 Å². The number of halogens is 3. The van der Waals surface area contributed by atoms with E-state index in [1.807, 2.05) is 0 Å². The lowest BCUT2D eigenvalue weighted by Gasteiger charge is -2.10. The van der Waals surface area contributed by atoms with Gasteiger partial charge in [-0.2, -0.15) is 4.98 Å². The van der Waals surface area contributed by atoms with Gasteiger partial charge in [0.05, 0.1) is 5.69 Å². The van der Waals surface area contributed by atoms with Crippen LogP contribution < -0.4 is 11.1 Å². The van der Waals surface area contributed by atoms with Crippen molar-refractivity contribution in [2.75, 3.05) is 11.1 Å². The first-order valence-electron chi connectivity index (χ1n) is 4.98. The van der Waals surface area contributed by atoms with Crippen LogP contribution in [-0.4, -0.2) is 9.97 Å². The number of hydrogen-bond acceptors (Lipinski definition) is 4. The average Bonchev–Trinajstić information content (AvgIpc) is 2.30. The maximum Gasteiger partial charge on any atom is 0.221 e. The zero-order chi connectivity index (χ0) is 13.3. The molecule has 0 saturated carbocycles. The minimum atomic E-state index is -1.28. The first kappa shape index (κ1) is 12.2. The Morgan fingerprint density at radius 1 is 1.22 bits per heavy atom. The molecule has 1 heterocycles. The van der Waals surface area contributed by atoms with Gasteiger partial charge >= 0.3 is 0 Å². The second-order valence-corrected chi connectivity index (χ2v) is 3.63. The molecule has 0 aliphatic rings. The molecule has 1 aromatic heterocycles. The predicted octanol–water partition coefficient (Wildman–Crippen LogP) is 2.53. The lowest BCUT2D eigenvalue weighted by molar-refractivity contribution is 0.498. The SMILES string of the molecule is Cc1cnc(N)nc1Nc1cc(F)cc(F)c1F. The third-order valence-electron chi connectivity index (χ3n) is 2.24. The summed E-state index contributed by atoms with van der Waals surface area (Å²) in [5, 5.41) is 2.48. The average molecular weight is 254 g/mol. The lowest BCUT2D eigenvalue weighted by atomic mass is 10.2. The molecule has 1 aromatic carbocycles.